The van der Waals surface area contributed by atoms with Crippen LogP contribution in [0.5, 0.6) is 11.5 Å². The van der Waals surface area contributed by atoms with Crippen LogP contribution in [-0.2, 0) is 0 Å². The van der Waals surface area contributed by atoms with Crippen LogP contribution in [0.2, 0.25) is 0 Å². The van der Waals surface area contributed by atoms with Crippen molar-refractivity contribution in [2.75, 3.05) is 18.5 Å². The fourth-order valence-electron chi connectivity index (χ4n) is 2.46. The number of amides is 1. The van der Waals surface area contributed by atoms with E-state index in [1.165, 1.54) is 18.2 Å². The number of benzene rings is 3. The van der Waals surface area contributed by atoms with Gasteiger partial charge in [-0.1, -0.05) is 30.3 Å². The molecule has 3 rings (SSSR count). The lowest BCUT2D eigenvalue weighted by molar-refractivity contribution is -0.384. The highest BCUT2D eigenvalue weighted by Gasteiger charge is 2.10. The summed E-state index contributed by atoms with van der Waals surface area (Å²) in [6, 6.07) is 21.9. The predicted octanol–water partition coefficient (Wildman–Crippen LogP) is 4.30. The normalized spacial score (nSPS) is 10.1. The van der Waals surface area contributed by atoms with Gasteiger partial charge in [0.25, 0.3) is 11.6 Å². The van der Waals surface area contributed by atoms with Gasteiger partial charge in [-0.3, -0.25) is 14.9 Å². The van der Waals surface area contributed by atoms with Gasteiger partial charge in [0.1, 0.15) is 24.7 Å². The predicted molar refractivity (Wildman–Crippen MR) is 105 cm³/mol. The van der Waals surface area contributed by atoms with Crippen LogP contribution < -0.4 is 14.8 Å². The van der Waals surface area contributed by atoms with Gasteiger partial charge in [-0.25, -0.2) is 0 Å². The lowest BCUT2D eigenvalue weighted by Crippen LogP contribution is -2.13. The average molecular weight is 378 g/mol. The van der Waals surface area contributed by atoms with Gasteiger partial charge in [-0.05, 0) is 36.4 Å². The summed E-state index contributed by atoms with van der Waals surface area (Å²) >= 11 is 0. The first kappa shape index (κ1) is 18.9. The van der Waals surface area contributed by atoms with Gasteiger partial charge in [0.05, 0.1) is 4.92 Å². The maximum Gasteiger partial charge on any atom is 0.271 e. The molecule has 3 aromatic carbocycles. The summed E-state index contributed by atoms with van der Waals surface area (Å²) in [4.78, 5) is 22.7. The molecule has 142 valence electrons. The highest BCUT2D eigenvalue weighted by atomic mass is 16.6. The number of nitrogens with zero attached hydrogens (tertiary/aromatic N) is 1. The van der Waals surface area contributed by atoms with Gasteiger partial charge >= 0.3 is 0 Å². The molecule has 1 amide bonds. The highest BCUT2D eigenvalue weighted by molar-refractivity contribution is 6.04. The minimum absolute atomic E-state index is 0.0895. The maximum absolute atomic E-state index is 12.4. The maximum atomic E-state index is 12.4. The van der Waals surface area contributed by atoms with Gasteiger partial charge < -0.3 is 14.8 Å². The van der Waals surface area contributed by atoms with Crippen LogP contribution in [0.15, 0.2) is 78.9 Å². The van der Waals surface area contributed by atoms with Crippen molar-refractivity contribution in [3.05, 3.63) is 94.5 Å². The van der Waals surface area contributed by atoms with E-state index in [1.807, 2.05) is 30.3 Å². The number of hydrogen-bond acceptors (Lipinski definition) is 5. The first-order valence-electron chi connectivity index (χ1n) is 8.58. The van der Waals surface area contributed by atoms with E-state index in [0.29, 0.717) is 30.2 Å². The standard InChI is InChI=1S/C21H18N2O5/c24-21(22-17-7-5-8-18(15-17)23(25)26)16-6-4-11-20(14-16)28-13-12-27-19-9-2-1-3-10-19/h1-11,14-15H,12-13H2,(H,22,24). The number of para-hydroxylation sites is 1. The molecule has 0 aliphatic heterocycles. The summed E-state index contributed by atoms with van der Waals surface area (Å²) < 4.78 is 11.2. The summed E-state index contributed by atoms with van der Waals surface area (Å²) in [5, 5.41) is 13.5. The number of carbonyl (C=O) groups is 1. The van der Waals surface area contributed by atoms with Crippen molar-refractivity contribution >= 4 is 17.3 Å². The van der Waals surface area contributed by atoms with Crippen LogP contribution in [0.4, 0.5) is 11.4 Å². The quantitative estimate of drug-likeness (QED) is 0.358. The molecule has 0 aliphatic rings. The Morgan fingerprint density at radius 3 is 2.29 bits per heavy atom. The minimum Gasteiger partial charge on any atom is -0.490 e. The molecule has 0 heterocycles. The van der Waals surface area contributed by atoms with E-state index >= 15 is 0 Å². The first-order valence-corrected chi connectivity index (χ1v) is 8.58. The van der Waals surface area contributed by atoms with Crippen molar-refractivity contribution < 1.29 is 19.2 Å². The van der Waals surface area contributed by atoms with Gasteiger partial charge in [0, 0.05) is 23.4 Å². The molecule has 0 bridgehead atoms. The molecule has 0 atom stereocenters. The second-order valence-corrected chi connectivity index (χ2v) is 5.80. The molecule has 0 aliphatic carbocycles. The Bertz CT molecular complexity index is 960. The van der Waals surface area contributed by atoms with Crippen molar-refractivity contribution in [3.8, 4) is 11.5 Å². The second kappa shape index (κ2) is 9.18. The third-order valence-electron chi connectivity index (χ3n) is 3.78. The molecule has 28 heavy (non-hydrogen) atoms. The Kier molecular flexibility index (Phi) is 6.20. The molecule has 0 spiro atoms. The van der Waals surface area contributed by atoms with Gasteiger partial charge in [0.2, 0.25) is 0 Å². The van der Waals surface area contributed by atoms with Crippen molar-refractivity contribution in [3.63, 3.8) is 0 Å². The van der Waals surface area contributed by atoms with Crippen molar-refractivity contribution in [1.82, 2.24) is 0 Å². The van der Waals surface area contributed by atoms with Crippen molar-refractivity contribution in [1.29, 1.82) is 0 Å². The van der Waals surface area contributed by atoms with E-state index in [0.717, 1.165) is 5.75 Å². The summed E-state index contributed by atoms with van der Waals surface area (Å²) in [6.45, 7) is 0.693. The van der Waals surface area contributed by atoms with Crippen LogP contribution in [-0.4, -0.2) is 24.0 Å². The van der Waals surface area contributed by atoms with E-state index in [4.69, 9.17) is 9.47 Å². The number of rotatable bonds is 8. The van der Waals surface area contributed by atoms with Crippen LogP contribution in [0.3, 0.4) is 0 Å². The highest BCUT2D eigenvalue weighted by Crippen LogP contribution is 2.19. The minimum atomic E-state index is -0.512. The van der Waals surface area contributed by atoms with E-state index in [-0.39, 0.29) is 11.6 Å². The van der Waals surface area contributed by atoms with Crippen LogP contribution in [0.1, 0.15) is 10.4 Å². The molecule has 0 saturated heterocycles. The molecule has 7 nitrogen and oxygen atoms in total. The largest absolute Gasteiger partial charge is 0.490 e. The molecule has 0 radical (unpaired) electrons. The fourth-order valence-corrected chi connectivity index (χ4v) is 2.46. The Morgan fingerprint density at radius 2 is 1.54 bits per heavy atom. The SMILES string of the molecule is O=C(Nc1cccc([N+](=O)[O-])c1)c1cccc(OCCOc2ccccc2)c1. The molecular weight excluding hydrogens is 360 g/mol. The van der Waals surface area contributed by atoms with Gasteiger partial charge in [-0.15, -0.1) is 0 Å². The lowest BCUT2D eigenvalue weighted by Gasteiger charge is -2.10. The third-order valence-corrected chi connectivity index (χ3v) is 3.78. The first-order chi connectivity index (χ1) is 13.6. The molecular formula is C21H18N2O5. The third kappa shape index (κ3) is 5.31. The molecule has 0 unspecified atom stereocenters. The molecule has 0 saturated carbocycles. The molecule has 3 aromatic rings. The lowest BCUT2D eigenvalue weighted by atomic mass is 10.2. The number of ether oxygens (including phenoxy) is 2. The number of nitrogens with one attached hydrogen (secondary N) is 1. The number of nitro benzene ring substituents is 1. The van der Waals surface area contributed by atoms with Crippen LogP contribution in [0, 0.1) is 10.1 Å². The summed E-state index contributed by atoms with van der Waals surface area (Å²) in [5.74, 6) is 0.908. The number of non-ortho nitro benzene ring substituents is 1. The molecule has 1 N–H and O–H groups in total. The summed E-state index contributed by atoms with van der Waals surface area (Å²) in [6.07, 6.45) is 0. The molecule has 0 aromatic heterocycles. The topological polar surface area (TPSA) is 90.7 Å². The summed E-state index contributed by atoms with van der Waals surface area (Å²) in [5.41, 5.74) is 0.642. The number of nitro groups is 1. The van der Waals surface area contributed by atoms with Gasteiger partial charge in [-0.2, -0.15) is 0 Å². The zero-order chi connectivity index (χ0) is 19.8. The number of hydrogen-bond donors (Lipinski definition) is 1. The molecule has 7 heteroatoms. The average Bonchev–Trinajstić information content (AvgIpc) is 2.72. The Balaban J connectivity index is 1.55. The smallest absolute Gasteiger partial charge is 0.271 e. The number of anilines is 1. The van der Waals surface area contributed by atoms with Crippen molar-refractivity contribution in [2.24, 2.45) is 0 Å². The van der Waals surface area contributed by atoms with Gasteiger partial charge in [0.15, 0.2) is 0 Å². The Morgan fingerprint density at radius 1 is 0.857 bits per heavy atom. The van der Waals surface area contributed by atoms with E-state index in [2.05, 4.69) is 5.32 Å². The zero-order valence-electron chi connectivity index (χ0n) is 14.9. The van der Waals surface area contributed by atoms with Crippen LogP contribution >= 0.6 is 0 Å². The zero-order valence-corrected chi connectivity index (χ0v) is 14.9. The fraction of sp³-hybridized carbons (Fsp3) is 0.0952. The van der Waals surface area contributed by atoms with E-state index < -0.39 is 4.92 Å². The number of carbonyl (C=O) groups excluding carboxylic acids is 1. The summed E-state index contributed by atoms with van der Waals surface area (Å²) in [7, 11) is 0. The Labute approximate surface area is 161 Å². The van der Waals surface area contributed by atoms with Crippen LogP contribution in [0.25, 0.3) is 0 Å². The Hall–Kier alpha value is -3.87. The van der Waals surface area contributed by atoms with E-state index in [9.17, 15) is 14.9 Å². The second-order valence-electron chi connectivity index (χ2n) is 5.80. The van der Waals surface area contributed by atoms with Crippen molar-refractivity contribution in [2.45, 2.75) is 0 Å². The monoisotopic (exact) mass is 378 g/mol. The van der Waals surface area contributed by atoms with E-state index in [1.54, 1.807) is 30.3 Å². The molecule has 0 fully saturated rings.